The Morgan fingerprint density at radius 2 is 1.85 bits per heavy atom. The van der Waals surface area contributed by atoms with Crippen molar-refractivity contribution in [1.82, 2.24) is 9.55 Å². The Hall–Kier alpha value is -1.77. The van der Waals surface area contributed by atoms with E-state index in [2.05, 4.69) is 35.8 Å². The maximum absolute atomic E-state index is 6.31. The van der Waals surface area contributed by atoms with Crippen LogP contribution in [-0.2, 0) is 7.05 Å². The SMILES string of the molecule is Cc1ccccc1-c1nc(C2CCCCC2)n(C)c1N. The van der Waals surface area contributed by atoms with Gasteiger partial charge in [-0.05, 0) is 25.3 Å². The molecular weight excluding hydrogens is 246 g/mol. The van der Waals surface area contributed by atoms with Crippen molar-refractivity contribution >= 4 is 5.82 Å². The number of imidazole rings is 1. The van der Waals surface area contributed by atoms with E-state index in [4.69, 9.17) is 10.7 Å². The van der Waals surface area contributed by atoms with Crippen LogP contribution in [0.15, 0.2) is 24.3 Å². The summed E-state index contributed by atoms with van der Waals surface area (Å²) in [6.07, 6.45) is 6.49. The Morgan fingerprint density at radius 1 is 1.15 bits per heavy atom. The minimum Gasteiger partial charge on any atom is -0.383 e. The molecule has 2 aromatic rings. The molecule has 2 N–H and O–H groups in total. The van der Waals surface area contributed by atoms with E-state index in [1.807, 2.05) is 7.05 Å². The number of hydrogen-bond acceptors (Lipinski definition) is 2. The van der Waals surface area contributed by atoms with Crippen molar-refractivity contribution < 1.29 is 0 Å². The van der Waals surface area contributed by atoms with Gasteiger partial charge in [0.2, 0.25) is 0 Å². The Balaban J connectivity index is 2.03. The predicted molar refractivity (Wildman–Crippen MR) is 83.6 cm³/mol. The molecule has 0 amide bonds. The average molecular weight is 269 g/mol. The van der Waals surface area contributed by atoms with Gasteiger partial charge >= 0.3 is 0 Å². The fourth-order valence-corrected chi connectivity index (χ4v) is 3.29. The van der Waals surface area contributed by atoms with E-state index < -0.39 is 0 Å². The lowest BCUT2D eigenvalue weighted by molar-refractivity contribution is 0.422. The summed E-state index contributed by atoms with van der Waals surface area (Å²) in [6, 6.07) is 8.33. The van der Waals surface area contributed by atoms with Crippen LogP contribution in [0, 0.1) is 6.92 Å². The molecule has 1 heterocycles. The minimum absolute atomic E-state index is 0.578. The van der Waals surface area contributed by atoms with Crippen molar-refractivity contribution in [2.24, 2.45) is 7.05 Å². The first-order valence-corrected chi connectivity index (χ1v) is 7.56. The van der Waals surface area contributed by atoms with E-state index in [0.717, 1.165) is 17.1 Å². The highest BCUT2D eigenvalue weighted by Gasteiger charge is 2.23. The van der Waals surface area contributed by atoms with E-state index in [1.54, 1.807) is 0 Å². The fourth-order valence-electron chi connectivity index (χ4n) is 3.29. The second kappa shape index (κ2) is 5.31. The zero-order valence-corrected chi connectivity index (χ0v) is 12.4. The number of benzene rings is 1. The molecule has 0 aliphatic heterocycles. The maximum atomic E-state index is 6.31. The predicted octanol–water partition coefficient (Wildman–Crippen LogP) is 4.03. The first-order valence-electron chi connectivity index (χ1n) is 7.56. The zero-order chi connectivity index (χ0) is 14.1. The number of aromatic nitrogens is 2. The summed E-state index contributed by atoms with van der Waals surface area (Å²) >= 11 is 0. The molecule has 3 heteroatoms. The lowest BCUT2D eigenvalue weighted by Crippen LogP contribution is -2.11. The van der Waals surface area contributed by atoms with Gasteiger partial charge in [-0.15, -0.1) is 0 Å². The van der Waals surface area contributed by atoms with Gasteiger partial charge in [0.05, 0.1) is 0 Å². The Morgan fingerprint density at radius 3 is 2.55 bits per heavy atom. The van der Waals surface area contributed by atoms with Crippen LogP contribution in [0.3, 0.4) is 0 Å². The molecule has 20 heavy (non-hydrogen) atoms. The summed E-state index contributed by atoms with van der Waals surface area (Å²) in [6.45, 7) is 2.11. The summed E-state index contributed by atoms with van der Waals surface area (Å²) in [5, 5.41) is 0. The third-order valence-corrected chi connectivity index (χ3v) is 4.54. The first-order chi connectivity index (χ1) is 9.68. The molecule has 3 rings (SSSR count). The van der Waals surface area contributed by atoms with Crippen LogP contribution in [0.1, 0.15) is 49.4 Å². The van der Waals surface area contributed by atoms with Gasteiger partial charge in [0.1, 0.15) is 17.3 Å². The van der Waals surface area contributed by atoms with E-state index in [0.29, 0.717) is 5.92 Å². The van der Waals surface area contributed by atoms with E-state index in [-0.39, 0.29) is 0 Å². The molecule has 0 atom stereocenters. The minimum atomic E-state index is 0.578. The summed E-state index contributed by atoms with van der Waals surface area (Å²) in [5.41, 5.74) is 9.65. The lowest BCUT2D eigenvalue weighted by atomic mass is 9.89. The highest BCUT2D eigenvalue weighted by Crippen LogP contribution is 2.36. The van der Waals surface area contributed by atoms with Gasteiger partial charge in [-0.3, -0.25) is 0 Å². The van der Waals surface area contributed by atoms with Crippen LogP contribution in [0.4, 0.5) is 5.82 Å². The average Bonchev–Trinajstić information content (AvgIpc) is 2.77. The molecule has 1 aromatic heterocycles. The number of anilines is 1. The van der Waals surface area contributed by atoms with Gasteiger partial charge in [-0.2, -0.15) is 0 Å². The van der Waals surface area contributed by atoms with Crippen molar-refractivity contribution in [2.45, 2.75) is 44.9 Å². The van der Waals surface area contributed by atoms with E-state index in [9.17, 15) is 0 Å². The van der Waals surface area contributed by atoms with Crippen LogP contribution in [0.25, 0.3) is 11.3 Å². The van der Waals surface area contributed by atoms with Crippen LogP contribution in [0.2, 0.25) is 0 Å². The van der Waals surface area contributed by atoms with E-state index in [1.165, 1.54) is 43.5 Å². The smallest absolute Gasteiger partial charge is 0.131 e. The molecule has 0 saturated heterocycles. The summed E-state index contributed by atoms with van der Waals surface area (Å²) in [4.78, 5) is 4.90. The van der Waals surface area contributed by atoms with Gasteiger partial charge in [0, 0.05) is 18.5 Å². The Bertz CT molecular complexity index is 607. The molecule has 1 saturated carbocycles. The first kappa shape index (κ1) is 13.2. The quantitative estimate of drug-likeness (QED) is 0.894. The molecule has 0 spiro atoms. The number of aryl methyl sites for hydroxylation is 1. The largest absolute Gasteiger partial charge is 0.383 e. The summed E-state index contributed by atoms with van der Waals surface area (Å²) in [5.74, 6) is 2.54. The van der Waals surface area contributed by atoms with Gasteiger partial charge in [-0.1, -0.05) is 43.5 Å². The van der Waals surface area contributed by atoms with Gasteiger partial charge in [-0.25, -0.2) is 4.98 Å². The summed E-state index contributed by atoms with van der Waals surface area (Å²) < 4.78 is 2.09. The lowest BCUT2D eigenvalue weighted by Gasteiger charge is -2.21. The normalized spacial score (nSPS) is 16.5. The van der Waals surface area contributed by atoms with E-state index >= 15 is 0 Å². The Kier molecular flexibility index (Phi) is 3.51. The van der Waals surface area contributed by atoms with Crippen LogP contribution in [0.5, 0.6) is 0 Å². The topological polar surface area (TPSA) is 43.8 Å². The molecule has 1 fully saturated rings. The monoisotopic (exact) mass is 269 g/mol. The van der Waals surface area contributed by atoms with Crippen molar-refractivity contribution in [3.63, 3.8) is 0 Å². The third-order valence-electron chi connectivity index (χ3n) is 4.54. The van der Waals surface area contributed by atoms with Crippen LogP contribution >= 0.6 is 0 Å². The van der Waals surface area contributed by atoms with Crippen LogP contribution in [-0.4, -0.2) is 9.55 Å². The second-order valence-electron chi connectivity index (χ2n) is 5.91. The highest BCUT2D eigenvalue weighted by molar-refractivity contribution is 5.73. The fraction of sp³-hybridized carbons (Fsp3) is 0.471. The standard InChI is InChI=1S/C17H23N3/c1-12-8-6-7-11-14(12)15-16(18)20(2)17(19-15)13-9-4-3-5-10-13/h6-8,11,13H,3-5,9-10,18H2,1-2H3. The van der Waals surface area contributed by atoms with Crippen molar-refractivity contribution in [3.05, 3.63) is 35.7 Å². The van der Waals surface area contributed by atoms with Gasteiger partial charge in [0.25, 0.3) is 0 Å². The molecule has 1 aromatic carbocycles. The molecular formula is C17H23N3. The number of nitrogen functional groups attached to an aromatic ring is 1. The number of nitrogens with zero attached hydrogens (tertiary/aromatic N) is 2. The van der Waals surface area contributed by atoms with Gasteiger partial charge in [0.15, 0.2) is 0 Å². The molecule has 106 valence electrons. The highest BCUT2D eigenvalue weighted by atomic mass is 15.1. The maximum Gasteiger partial charge on any atom is 0.131 e. The molecule has 3 nitrogen and oxygen atoms in total. The molecule has 0 unspecified atom stereocenters. The van der Waals surface area contributed by atoms with Crippen LogP contribution < -0.4 is 5.73 Å². The molecule has 0 radical (unpaired) electrons. The number of hydrogen-bond donors (Lipinski definition) is 1. The second-order valence-corrected chi connectivity index (χ2v) is 5.91. The number of nitrogens with two attached hydrogens (primary N) is 1. The van der Waals surface area contributed by atoms with Crippen molar-refractivity contribution in [3.8, 4) is 11.3 Å². The molecule has 1 aliphatic carbocycles. The van der Waals surface area contributed by atoms with Crippen molar-refractivity contribution in [2.75, 3.05) is 5.73 Å². The number of rotatable bonds is 2. The Labute approximate surface area is 120 Å². The van der Waals surface area contributed by atoms with Gasteiger partial charge < -0.3 is 10.3 Å². The third kappa shape index (κ3) is 2.21. The summed E-state index contributed by atoms with van der Waals surface area (Å²) in [7, 11) is 2.05. The molecule has 0 bridgehead atoms. The molecule has 1 aliphatic rings. The van der Waals surface area contributed by atoms with Crippen molar-refractivity contribution in [1.29, 1.82) is 0 Å². The zero-order valence-electron chi connectivity index (χ0n) is 12.4.